The third kappa shape index (κ3) is 3.78. The van der Waals surface area contributed by atoms with Gasteiger partial charge < -0.3 is 0 Å². The van der Waals surface area contributed by atoms with Gasteiger partial charge in [-0.2, -0.15) is 0 Å². The van der Waals surface area contributed by atoms with Crippen LogP contribution >= 0.6 is 11.6 Å². The molecule has 1 aliphatic heterocycles. The molecule has 1 unspecified atom stereocenters. The number of halogens is 1. The van der Waals surface area contributed by atoms with Gasteiger partial charge >= 0.3 is 0 Å². The van der Waals surface area contributed by atoms with Gasteiger partial charge in [-0.15, -0.1) is 0 Å². The first-order valence-corrected chi connectivity index (χ1v) is 11.3. The van der Waals surface area contributed by atoms with Gasteiger partial charge in [0, 0.05) is 5.02 Å². The van der Waals surface area contributed by atoms with Crippen molar-refractivity contribution in [1.82, 2.24) is 4.31 Å². The lowest BCUT2D eigenvalue weighted by Gasteiger charge is -2.32. The standard InChI is InChI=1S/C24H20ClNO3S/c1-17-7-13-21(14-8-17)30(28,29)26-16-15-22(18-9-11-20(25)12-10-18)23(24(26)27)19-5-3-2-4-6-19/h2-15,23H,16H2,1H3. The van der Waals surface area contributed by atoms with Gasteiger partial charge in [-0.05, 0) is 47.9 Å². The Labute approximate surface area is 181 Å². The predicted molar refractivity (Wildman–Crippen MR) is 119 cm³/mol. The number of nitrogens with zero attached hydrogens (tertiary/aromatic N) is 1. The fourth-order valence-corrected chi connectivity index (χ4v) is 5.09. The Hall–Kier alpha value is -2.89. The topological polar surface area (TPSA) is 54.5 Å². The number of hydrogen-bond acceptors (Lipinski definition) is 3. The van der Waals surface area contributed by atoms with Crippen LogP contribution in [0.5, 0.6) is 0 Å². The Bertz CT molecular complexity index is 1200. The summed E-state index contributed by atoms with van der Waals surface area (Å²) >= 11 is 6.02. The van der Waals surface area contributed by atoms with Gasteiger partial charge in [0.05, 0.1) is 17.4 Å². The summed E-state index contributed by atoms with van der Waals surface area (Å²) in [6, 6.07) is 23.0. The summed E-state index contributed by atoms with van der Waals surface area (Å²) in [4.78, 5) is 13.7. The first-order chi connectivity index (χ1) is 14.4. The molecule has 152 valence electrons. The van der Waals surface area contributed by atoms with Gasteiger partial charge in [-0.25, -0.2) is 12.7 Å². The zero-order valence-electron chi connectivity index (χ0n) is 16.3. The Morgan fingerprint density at radius 3 is 2.17 bits per heavy atom. The summed E-state index contributed by atoms with van der Waals surface area (Å²) in [5, 5.41) is 0.598. The zero-order chi connectivity index (χ0) is 21.3. The van der Waals surface area contributed by atoms with E-state index in [1.54, 1.807) is 24.3 Å². The van der Waals surface area contributed by atoms with Crippen molar-refractivity contribution in [3.8, 4) is 0 Å². The molecule has 0 fully saturated rings. The molecule has 1 heterocycles. The van der Waals surface area contributed by atoms with Crippen molar-refractivity contribution in [2.24, 2.45) is 0 Å². The van der Waals surface area contributed by atoms with Crippen molar-refractivity contribution in [1.29, 1.82) is 0 Å². The van der Waals surface area contributed by atoms with Gasteiger partial charge in [0.25, 0.3) is 10.0 Å². The van der Waals surface area contributed by atoms with Crippen LogP contribution in [0.1, 0.15) is 22.6 Å². The lowest BCUT2D eigenvalue weighted by atomic mass is 9.84. The second-order valence-electron chi connectivity index (χ2n) is 7.20. The van der Waals surface area contributed by atoms with Crippen LogP contribution in [0, 0.1) is 6.92 Å². The molecule has 0 bridgehead atoms. The van der Waals surface area contributed by atoms with Crippen molar-refractivity contribution >= 4 is 33.1 Å². The van der Waals surface area contributed by atoms with Crippen molar-refractivity contribution in [3.05, 3.63) is 107 Å². The quantitative estimate of drug-likeness (QED) is 0.574. The fourth-order valence-electron chi connectivity index (χ4n) is 3.61. The minimum atomic E-state index is -3.96. The average Bonchev–Trinajstić information content (AvgIpc) is 2.75. The Morgan fingerprint density at radius 1 is 0.900 bits per heavy atom. The second kappa shape index (κ2) is 8.09. The molecule has 0 radical (unpaired) electrons. The van der Waals surface area contributed by atoms with Crippen LogP contribution in [-0.2, 0) is 14.8 Å². The number of carbonyl (C=O) groups is 1. The van der Waals surface area contributed by atoms with Crippen molar-refractivity contribution in [3.63, 3.8) is 0 Å². The molecule has 1 amide bonds. The van der Waals surface area contributed by atoms with Gasteiger partial charge in [0.1, 0.15) is 0 Å². The first kappa shape index (κ1) is 20.4. The molecule has 1 aliphatic rings. The first-order valence-electron chi connectivity index (χ1n) is 9.52. The molecule has 3 aromatic carbocycles. The normalized spacial score (nSPS) is 17.0. The zero-order valence-corrected chi connectivity index (χ0v) is 17.9. The molecule has 0 aromatic heterocycles. The molecule has 3 aromatic rings. The van der Waals surface area contributed by atoms with E-state index in [4.69, 9.17) is 11.6 Å². The van der Waals surface area contributed by atoms with Crippen LogP contribution in [0.2, 0.25) is 5.02 Å². The highest BCUT2D eigenvalue weighted by Gasteiger charge is 2.39. The molecular weight excluding hydrogens is 418 g/mol. The number of aryl methyl sites for hydroxylation is 1. The van der Waals surface area contributed by atoms with Crippen LogP contribution in [0.3, 0.4) is 0 Å². The largest absolute Gasteiger partial charge is 0.273 e. The Balaban J connectivity index is 1.81. The Morgan fingerprint density at radius 2 is 1.53 bits per heavy atom. The van der Waals surface area contributed by atoms with Crippen LogP contribution in [0.25, 0.3) is 5.57 Å². The smallest absolute Gasteiger partial charge is 0.266 e. The lowest BCUT2D eigenvalue weighted by Crippen LogP contribution is -2.43. The number of benzene rings is 3. The van der Waals surface area contributed by atoms with E-state index in [9.17, 15) is 13.2 Å². The highest BCUT2D eigenvalue weighted by Crippen LogP contribution is 2.38. The van der Waals surface area contributed by atoms with E-state index in [2.05, 4.69) is 0 Å². The number of rotatable bonds is 4. The van der Waals surface area contributed by atoms with Crippen molar-refractivity contribution < 1.29 is 13.2 Å². The van der Waals surface area contributed by atoms with E-state index in [-0.39, 0.29) is 11.4 Å². The molecule has 1 atom stereocenters. The number of sulfonamides is 1. The number of amides is 1. The summed E-state index contributed by atoms with van der Waals surface area (Å²) < 4.78 is 27.4. The second-order valence-corrected chi connectivity index (χ2v) is 9.50. The summed E-state index contributed by atoms with van der Waals surface area (Å²) in [5.74, 6) is -1.18. The SMILES string of the molecule is Cc1ccc(S(=O)(=O)N2CC=C(c3ccc(Cl)cc3)C(c3ccccc3)C2=O)cc1. The molecule has 0 saturated heterocycles. The predicted octanol–water partition coefficient (Wildman–Crippen LogP) is 5.05. The molecule has 0 spiro atoms. The Kier molecular flexibility index (Phi) is 5.50. The summed E-state index contributed by atoms with van der Waals surface area (Å²) in [7, 11) is -3.96. The maximum atomic E-state index is 13.5. The third-order valence-electron chi connectivity index (χ3n) is 5.20. The van der Waals surface area contributed by atoms with Crippen molar-refractivity contribution in [2.45, 2.75) is 17.7 Å². The molecule has 0 aliphatic carbocycles. The van der Waals surface area contributed by atoms with E-state index in [0.717, 1.165) is 26.6 Å². The summed E-state index contributed by atoms with van der Waals surface area (Å²) in [6.45, 7) is 1.87. The maximum Gasteiger partial charge on any atom is 0.266 e. The lowest BCUT2D eigenvalue weighted by molar-refractivity contribution is -0.126. The highest BCUT2D eigenvalue weighted by molar-refractivity contribution is 7.89. The summed E-state index contributed by atoms with van der Waals surface area (Å²) in [5.41, 5.74) is 3.31. The summed E-state index contributed by atoms with van der Waals surface area (Å²) in [6.07, 6.45) is 1.81. The molecule has 0 N–H and O–H groups in total. The van der Waals surface area contributed by atoms with Crippen LogP contribution in [0.4, 0.5) is 0 Å². The van der Waals surface area contributed by atoms with E-state index in [0.29, 0.717) is 5.02 Å². The van der Waals surface area contributed by atoms with Crippen LogP contribution in [0.15, 0.2) is 89.8 Å². The monoisotopic (exact) mass is 437 g/mol. The molecular formula is C24H20ClNO3S. The van der Waals surface area contributed by atoms with Crippen molar-refractivity contribution in [2.75, 3.05) is 6.54 Å². The third-order valence-corrected chi connectivity index (χ3v) is 7.23. The van der Waals surface area contributed by atoms with Gasteiger partial charge in [0.15, 0.2) is 0 Å². The van der Waals surface area contributed by atoms with Crippen LogP contribution < -0.4 is 0 Å². The molecule has 30 heavy (non-hydrogen) atoms. The van der Waals surface area contributed by atoms with Crippen LogP contribution in [-0.4, -0.2) is 25.2 Å². The van der Waals surface area contributed by atoms with E-state index < -0.39 is 21.8 Å². The van der Waals surface area contributed by atoms with Gasteiger partial charge in [0.2, 0.25) is 5.91 Å². The maximum absolute atomic E-state index is 13.5. The minimum absolute atomic E-state index is 0.0175. The number of carbonyl (C=O) groups excluding carboxylic acids is 1. The van der Waals surface area contributed by atoms with E-state index >= 15 is 0 Å². The van der Waals surface area contributed by atoms with E-state index in [1.807, 2.05) is 55.5 Å². The molecule has 4 nitrogen and oxygen atoms in total. The van der Waals surface area contributed by atoms with Gasteiger partial charge in [-0.1, -0.05) is 77.8 Å². The molecule has 6 heteroatoms. The minimum Gasteiger partial charge on any atom is -0.273 e. The van der Waals surface area contributed by atoms with E-state index in [1.165, 1.54) is 12.1 Å². The average molecular weight is 438 g/mol. The highest BCUT2D eigenvalue weighted by atomic mass is 35.5. The molecule has 0 saturated carbocycles. The molecule has 4 rings (SSSR count). The number of hydrogen-bond donors (Lipinski definition) is 0. The van der Waals surface area contributed by atoms with Gasteiger partial charge in [-0.3, -0.25) is 4.79 Å². The fraction of sp³-hybridized carbons (Fsp3) is 0.125.